The van der Waals surface area contributed by atoms with Gasteiger partial charge in [0.2, 0.25) is 5.78 Å². The second-order valence-electron chi connectivity index (χ2n) is 10.3. The standard InChI is InChI=1S/C24H30F3NO4/c1-13(29)32-19-11-18-16-5-4-14-10-15(30)6-8-22(14,2)17(16)7-9-23(18,3)21(19)28-12-20(31)24(25,26)27/h6,8,10,16-19,21,28H,4-5,7,9,11-12H2,1-3H3/t16-,17+,18+,19-,21+,22+,23+/m1/s1. The summed E-state index contributed by atoms with van der Waals surface area (Å²) in [6.45, 7) is 4.71. The van der Waals surface area contributed by atoms with Crippen LogP contribution >= 0.6 is 0 Å². The minimum atomic E-state index is -4.90. The summed E-state index contributed by atoms with van der Waals surface area (Å²) in [5, 5.41) is 2.83. The third kappa shape index (κ3) is 3.74. The normalized spacial score (nSPS) is 40.8. The first-order valence-electron chi connectivity index (χ1n) is 11.3. The highest BCUT2D eigenvalue weighted by Gasteiger charge is 2.62. The van der Waals surface area contributed by atoms with Crippen molar-refractivity contribution in [3.63, 3.8) is 0 Å². The van der Waals surface area contributed by atoms with Crippen molar-refractivity contribution in [1.82, 2.24) is 5.32 Å². The Balaban J connectivity index is 1.61. The minimum Gasteiger partial charge on any atom is -0.461 e. The Kier molecular flexibility index (Phi) is 5.67. The molecule has 0 unspecified atom stereocenters. The smallest absolute Gasteiger partial charge is 0.451 e. The molecule has 176 valence electrons. The van der Waals surface area contributed by atoms with Crippen LogP contribution in [-0.4, -0.2) is 42.4 Å². The molecule has 8 heteroatoms. The average Bonchev–Trinajstić information content (AvgIpc) is 2.96. The zero-order valence-electron chi connectivity index (χ0n) is 18.6. The lowest BCUT2D eigenvalue weighted by Gasteiger charge is -2.56. The predicted molar refractivity (Wildman–Crippen MR) is 110 cm³/mol. The maximum atomic E-state index is 12.8. The average molecular weight is 454 g/mol. The van der Waals surface area contributed by atoms with Gasteiger partial charge >= 0.3 is 12.1 Å². The van der Waals surface area contributed by atoms with E-state index in [1.807, 2.05) is 6.08 Å². The maximum Gasteiger partial charge on any atom is 0.451 e. The molecular weight excluding hydrogens is 423 g/mol. The first-order valence-corrected chi connectivity index (χ1v) is 11.3. The lowest BCUT2D eigenvalue weighted by molar-refractivity contribution is -0.170. The van der Waals surface area contributed by atoms with Gasteiger partial charge in [-0.15, -0.1) is 0 Å². The topological polar surface area (TPSA) is 72.5 Å². The highest BCUT2D eigenvalue weighted by molar-refractivity contribution is 6.01. The molecule has 0 heterocycles. The molecule has 4 rings (SSSR count). The number of esters is 1. The summed E-state index contributed by atoms with van der Waals surface area (Å²) in [5.74, 6) is -1.51. The number of fused-ring (bicyclic) bond motifs is 5. The zero-order valence-corrected chi connectivity index (χ0v) is 18.6. The van der Waals surface area contributed by atoms with Crippen LogP contribution in [0.2, 0.25) is 0 Å². The number of alkyl halides is 3. The molecule has 5 nitrogen and oxygen atoms in total. The van der Waals surface area contributed by atoms with Crippen LogP contribution in [0.15, 0.2) is 23.8 Å². The van der Waals surface area contributed by atoms with E-state index in [4.69, 9.17) is 4.74 Å². The van der Waals surface area contributed by atoms with Gasteiger partial charge < -0.3 is 10.1 Å². The molecule has 32 heavy (non-hydrogen) atoms. The van der Waals surface area contributed by atoms with Gasteiger partial charge in [0.1, 0.15) is 6.10 Å². The first-order chi connectivity index (χ1) is 14.9. The van der Waals surface area contributed by atoms with E-state index in [9.17, 15) is 27.6 Å². The molecule has 0 bridgehead atoms. The Morgan fingerprint density at radius 3 is 2.59 bits per heavy atom. The quantitative estimate of drug-likeness (QED) is 0.653. The van der Waals surface area contributed by atoms with Crippen molar-refractivity contribution in [2.24, 2.45) is 28.6 Å². The second kappa shape index (κ2) is 7.82. The molecule has 0 aromatic heterocycles. The Labute approximate surface area is 185 Å². The Morgan fingerprint density at radius 1 is 1.22 bits per heavy atom. The van der Waals surface area contributed by atoms with Crippen LogP contribution in [0, 0.1) is 28.6 Å². The van der Waals surface area contributed by atoms with E-state index >= 15 is 0 Å². The number of carbonyl (C=O) groups is 3. The molecule has 1 N–H and O–H groups in total. The van der Waals surface area contributed by atoms with Crippen molar-refractivity contribution in [3.8, 4) is 0 Å². The number of Topliss-reactive ketones (excluding diaryl/α,β-unsaturated/α-hetero) is 1. The Hall–Kier alpha value is -1.96. The van der Waals surface area contributed by atoms with E-state index < -0.39 is 36.6 Å². The van der Waals surface area contributed by atoms with Crippen molar-refractivity contribution in [2.45, 2.75) is 71.2 Å². The molecule has 0 aliphatic heterocycles. The van der Waals surface area contributed by atoms with Gasteiger partial charge in [0.15, 0.2) is 5.78 Å². The number of carbonyl (C=O) groups excluding carboxylic acids is 3. The van der Waals surface area contributed by atoms with Crippen LogP contribution in [0.4, 0.5) is 13.2 Å². The van der Waals surface area contributed by atoms with Crippen molar-refractivity contribution in [3.05, 3.63) is 23.8 Å². The summed E-state index contributed by atoms with van der Waals surface area (Å²) < 4.78 is 44.0. The second-order valence-corrected chi connectivity index (χ2v) is 10.3. The van der Waals surface area contributed by atoms with Crippen LogP contribution in [-0.2, 0) is 19.1 Å². The van der Waals surface area contributed by atoms with Gasteiger partial charge in [0, 0.05) is 12.3 Å². The highest BCUT2D eigenvalue weighted by atomic mass is 19.4. The van der Waals surface area contributed by atoms with Crippen LogP contribution in [0.5, 0.6) is 0 Å². The maximum absolute atomic E-state index is 12.8. The summed E-state index contributed by atoms with van der Waals surface area (Å²) in [6.07, 6.45) is 3.84. The number of hydrogen-bond acceptors (Lipinski definition) is 5. The number of hydrogen-bond donors (Lipinski definition) is 1. The molecule has 0 radical (unpaired) electrons. The van der Waals surface area contributed by atoms with E-state index in [1.54, 1.807) is 12.2 Å². The van der Waals surface area contributed by atoms with E-state index in [-0.39, 0.29) is 22.5 Å². The number of nitrogens with one attached hydrogen (secondary N) is 1. The van der Waals surface area contributed by atoms with Gasteiger partial charge in [0.25, 0.3) is 0 Å². The number of rotatable bonds is 4. The fourth-order valence-electron chi connectivity index (χ4n) is 7.18. The van der Waals surface area contributed by atoms with Gasteiger partial charge in [-0.25, -0.2) is 0 Å². The number of halogens is 3. The third-order valence-electron chi connectivity index (χ3n) is 8.68. The van der Waals surface area contributed by atoms with Gasteiger partial charge in [-0.2, -0.15) is 13.2 Å². The minimum absolute atomic E-state index is 0.0194. The molecule has 0 aromatic carbocycles. The summed E-state index contributed by atoms with van der Waals surface area (Å²) in [6, 6.07) is -0.517. The Morgan fingerprint density at radius 2 is 1.94 bits per heavy atom. The molecule has 4 aliphatic carbocycles. The molecule has 3 fully saturated rings. The molecule has 0 aromatic rings. The first kappa shape index (κ1) is 23.2. The van der Waals surface area contributed by atoms with Crippen molar-refractivity contribution in [2.75, 3.05) is 6.54 Å². The molecule has 3 saturated carbocycles. The predicted octanol–water partition coefficient (Wildman–Crippen LogP) is 3.93. The molecule has 0 amide bonds. The Bertz CT molecular complexity index is 894. The van der Waals surface area contributed by atoms with Crippen LogP contribution in [0.25, 0.3) is 0 Å². The largest absolute Gasteiger partial charge is 0.461 e. The number of allylic oxidation sites excluding steroid dienone is 4. The fraction of sp³-hybridized carbons (Fsp3) is 0.708. The van der Waals surface area contributed by atoms with Crippen LogP contribution in [0.1, 0.15) is 52.9 Å². The zero-order chi connectivity index (χ0) is 23.5. The van der Waals surface area contributed by atoms with Gasteiger partial charge in [-0.3, -0.25) is 14.4 Å². The van der Waals surface area contributed by atoms with Crippen LogP contribution in [0.3, 0.4) is 0 Å². The highest BCUT2D eigenvalue weighted by Crippen LogP contribution is 2.64. The van der Waals surface area contributed by atoms with E-state index in [0.717, 1.165) is 31.3 Å². The summed E-state index contributed by atoms with van der Waals surface area (Å²) >= 11 is 0. The molecule has 0 spiro atoms. The van der Waals surface area contributed by atoms with Crippen molar-refractivity contribution in [1.29, 1.82) is 0 Å². The fourth-order valence-corrected chi connectivity index (χ4v) is 7.18. The lowest BCUT2D eigenvalue weighted by Crippen LogP contribution is -2.55. The van der Waals surface area contributed by atoms with Gasteiger partial charge in [0.05, 0.1) is 12.6 Å². The van der Waals surface area contributed by atoms with Crippen LogP contribution < -0.4 is 5.32 Å². The molecule has 7 atom stereocenters. The lowest BCUT2D eigenvalue weighted by atomic mass is 9.48. The molecule has 0 saturated heterocycles. The summed E-state index contributed by atoms with van der Waals surface area (Å²) in [4.78, 5) is 35.2. The molecular formula is C24H30F3NO4. The monoisotopic (exact) mass is 453 g/mol. The van der Waals surface area contributed by atoms with E-state index in [2.05, 4.69) is 19.2 Å². The van der Waals surface area contributed by atoms with Crippen molar-refractivity contribution < 1.29 is 32.3 Å². The SMILES string of the molecule is CC(=O)O[C@@H]1C[C@H]2[C@@H]3CCC4=CC(=O)C=C[C@]4(C)[C@H]3CC[C@]2(C)[C@H]1NCC(=O)C(F)(F)F. The summed E-state index contributed by atoms with van der Waals surface area (Å²) in [7, 11) is 0. The molecule has 4 aliphatic rings. The number of ketones is 2. The summed E-state index contributed by atoms with van der Waals surface area (Å²) in [5.41, 5.74) is 0.570. The van der Waals surface area contributed by atoms with E-state index in [1.165, 1.54) is 6.92 Å². The van der Waals surface area contributed by atoms with Crippen molar-refractivity contribution >= 4 is 17.5 Å². The van der Waals surface area contributed by atoms with Gasteiger partial charge in [-0.05, 0) is 67.4 Å². The van der Waals surface area contributed by atoms with E-state index in [0.29, 0.717) is 18.3 Å². The third-order valence-corrected chi connectivity index (χ3v) is 8.68. The number of ether oxygens (including phenoxy) is 1. The van der Waals surface area contributed by atoms with Gasteiger partial charge in [-0.1, -0.05) is 25.5 Å².